The van der Waals surface area contributed by atoms with Crippen LogP contribution in [0.3, 0.4) is 0 Å². The number of benzene rings is 1. The van der Waals surface area contributed by atoms with Gasteiger partial charge in [0.05, 0.1) is 11.0 Å². The van der Waals surface area contributed by atoms with E-state index in [-0.39, 0.29) is 0 Å². The maximum absolute atomic E-state index is 5.98. The number of hydrogen-bond acceptors (Lipinski definition) is 3. The number of nitrogen functional groups attached to an aromatic ring is 1. The topological polar surface area (TPSA) is 69.9 Å². The highest BCUT2D eigenvalue weighted by molar-refractivity contribution is 5.79. The summed E-state index contributed by atoms with van der Waals surface area (Å²) in [7, 11) is 0. The van der Waals surface area contributed by atoms with Crippen LogP contribution < -0.4 is 11.5 Å². The number of rotatable bonds is 2. The molecule has 0 saturated heterocycles. The molecular weight excluding hydrogens is 200 g/mol. The summed E-state index contributed by atoms with van der Waals surface area (Å²) in [5, 5.41) is 0. The van der Waals surface area contributed by atoms with E-state index < -0.39 is 0 Å². The van der Waals surface area contributed by atoms with Gasteiger partial charge in [-0.15, -0.1) is 0 Å². The van der Waals surface area contributed by atoms with E-state index in [1.807, 2.05) is 12.1 Å². The van der Waals surface area contributed by atoms with Gasteiger partial charge < -0.3 is 16.0 Å². The fraction of sp³-hybridized carbons (Fsp3) is 0.417. The summed E-state index contributed by atoms with van der Waals surface area (Å²) in [6.07, 6.45) is 3.71. The first-order valence-electron chi connectivity index (χ1n) is 5.76. The Morgan fingerprint density at radius 3 is 2.81 bits per heavy atom. The van der Waals surface area contributed by atoms with Crippen molar-refractivity contribution in [3.8, 4) is 0 Å². The maximum atomic E-state index is 5.98. The van der Waals surface area contributed by atoms with Gasteiger partial charge in [0.25, 0.3) is 0 Å². The van der Waals surface area contributed by atoms with Crippen molar-refractivity contribution in [2.75, 3.05) is 5.73 Å². The van der Waals surface area contributed by atoms with Crippen LogP contribution in [0.1, 0.15) is 30.9 Å². The monoisotopic (exact) mass is 216 g/mol. The first-order valence-corrected chi connectivity index (χ1v) is 5.76. The van der Waals surface area contributed by atoms with Gasteiger partial charge in [-0.3, -0.25) is 0 Å². The number of nitrogens with two attached hydrogens (primary N) is 2. The van der Waals surface area contributed by atoms with E-state index in [1.54, 1.807) is 0 Å². The normalized spacial score (nSPS) is 16.6. The summed E-state index contributed by atoms with van der Waals surface area (Å²) in [6.45, 7) is 0.561. The summed E-state index contributed by atoms with van der Waals surface area (Å²) < 4.78 is 2.16. The molecule has 0 bridgehead atoms. The van der Waals surface area contributed by atoms with E-state index in [9.17, 15) is 0 Å². The molecule has 4 nitrogen and oxygen atoms in total. The molecule has 1 saturated carbocycles. The fourth-order valence-corrected chi connectivity index (χ4v) is 2.31. The average Bonchev–Trinajstić information content (AvgIpc) is 2.53. The van der Waals surface area contributed by atoms with Crippen molar-refractivity contribution in [3.63, 3.8) is 0 Å². The van der Waals surface area contributed by atoms with Crippen molar-refractivity contribution >= 4 is 17.0 Å². The Balaban J connectivity index is 2.19. The van der Waals surface area contributed by atoms with E-state index in [0.717, 1.165) is 16.6 Å². The summed E-state index contributed by atoms with van der Waals surface area (Å²) in [5.41, 5.74) is 14.9. The van der Waals surface area contributed by atoms with Crippen LogP contribution in [0.5, 0.6) is 0 Å². The lowest BCUT2D eigenvalue weighted by Gasteiger charge is -2.28. The average molecular weight is 216 g/mol. The second kappa shape index (κ2) is 3.49. The molecular formula is C12H16N4. The molecule has 0 atom stereocenters. The molecule has 2 aromatic rings. The molecule has 4 heteroatoms. The molecule has 1 aliphatic rings. The van der Waals surface area contributed by atoms with E-state index in [4.69, 9.17) is 11.5 Å². The number of anilines is 1. The Labute approximate surface area is 94.3 Å². The molecule has 3 rings (SSSR count). The van der Waals surface area contributed by atoms with Crippen LogP contribution >= 0.6 is 0 Å². The van der Waals surface area contributed by atoms with Crippen LogP contribution in [0, 0.1) is 0 Å². The minimum absolute atomic E-state index is 0.540. The Morgan fingerprint density at radius 1 is 1.38 bits per heavy atom. The van der Waals surface area contributed by atoms with Gasteiger partial charge in [-0.2, -0.15) is 0 Å². The SMILES string of the molecule is NCc1ccc2nc(N)n(C3CCC3)c2c1. The van der Waals surface area contributed by atoms with Gasteiger partial charge in [0.2, 0.25) is 5.95 Å². The molecule has 0 spiro atoms. The molecule has 0 unspecified atom stereocenters. The summed E-state index contributed by atoms with van der Waals surface area (Å²) in [6, 6.07) is 6.66. The van der Waals surface area contributed by atoms with Crippen molar-refractivity contribution in [1.82, 2.24) is 9.55 Å². The largest absolute Gasteiger partial charge is 0.369 e. The molecule has 16 heavy (non-hydrogen) atoms. The Morgan fingerprint density at radius 2 is 2.19 bits per heavy atom. The zero-order valence-electron chi connectivity index (χ0n) is 9.19. The predicted octanol–water partition coefficient (Wildman–Crippen LogP) is 1.80. The minimum Gasteiger partial charge on any atom is -0.369 e. The molecule has 1 aromatic carbocycles. The maximum Gasteiger partial charge on any atom is 0.201 e. The second-order valence-electron chi connectivity index (χ2n) is 4.45. The molecule has 1 aliphatic carbocycles. The van der Waals surface area contributed by atoms with Gasteiger partial charge in [-0.1, -0.05) is 6.07 Å². The first kappa shape index (κ1) is 9.66. The second-order valence-corrected chi connectivity index (χ2v) is 4.45. The molecule has 0 radical (unpaired) electrons. The van der Waals surface area contributed by atoms with Gasteiger partial charge in [-0.25, -0.2) is 4.98 Å². The third-order valence-corrected chi connectivity index (χ3v) is 3.46. The standard InChI is InChI=1S/C12H16N4/c13-7-8-4-5-10-11(6-8)16(12(14)15-10)9-2-1-3-9/h4-6,9H,1-3,7,13H2,(H2,14,15). The lowest BCUT2D eigenvalue weighted by molar-refractivity contribution is 0.324. The highest BCUT2D eigenvalue weighted by Gasteiger charge is 2.23. The number of fused-ring (bicyclic) bond motifs is 1. The third kappa shape index (κ3) is 1.30. The van der Waals surface area contributed by atoms with Crippen LogP contribution in [0.25, 0.3) is 11.0 Å². The third-order valence-electron chi connectivity index (χ3n) is 3.46. The van der Waals surface area contributed by atoms with Crippen molar-refractivity contribution in [2.24, 2.45) is 5.73 Å². The molecule has 1 heterocycles. The van der Waals surface area contributed by atoms with E-state index >= 15 is 0 Å². The molecule has 4 N–H and O–H groups in total. The number of aromatic nitrogens is 2. The quantitative estimate of drug-likeness (QED) is 0.804. The van der Waals surface area contributed by atoms with E-state index in [1.165, 1.54) is 19.3 Å². The van der Waals surface area contributed by atoms with Crippen LogP contribution in [0.2, 0.25) is 0 Å². The van der Waals surface area contributed by atoms with Crippen LogP contribution in [0.15, 0.2) is 18.2 Å². The Hall–Kier alpha value is -1.55. The van der Waals surface area contributed by atoms with Crippen molar-refractivity contribution in [2.45, 2.75) is 31.8 Å². The van der Waals surface area contributed by atoms with Crippen LogP contribution in [-0.2, 0) is 6.54 Å². The zero-order valence-corrected chi connectivity index (χ0v) is 9.19. The predicted molar refractivity (Wildman–Crippen MR) is 64.9 cm³/mol. The van der Waals surface area contributed by atoms with Crippen LogP contribution in [-0.4, -0.2) is 9.55 Å². The van der Waals surface area contributed by atoms with Crippen molar-refractivity contribution in [3.05, 3.63) is 23.8 Å². The number of hydrogen-bond donors (Lipinski definition) is 2. The lowest BCUT2D eigenvalue weighted by Crippen LogP contribution is -2.18. The van der Waals surface area contributed by atoms with Gasteiger partial charge in [0.1, 0.15) is 0 Å². The van der Waals surface area contributed by atoms with Gasteiger partial charge in [0.15, 0.2) is 0 Å². The van der Waals surface area contributed by atoms with Gasteiger partial charge in [-0.05, 0) is 37.0 Å². The van der Waals surface area contributed by atoms with Crippen molar-refractivity contribution < 1.29 is 0 Å². The molecule has 0 amide bonds. The highest BCUT2D eigenvalue weighted by atomic mass is 15.2. The number of imidazole rings is 1. The summed E-state index contributed by atoms with van der Waals surface area (Å²) in [5.74, 6) is 0.633. The van der Waals surface area contributed by atoms with Crippen molar-refractivity contribution in [1.29, 1.82) is 0 Å². The molecule has 0 aliphatic heterocycles. The highest BCUT2D eigenvalue weighted by Crippen LogP contribution is 2.36. The smallest absolute Gasteiger partial charge is 0.201 e. The Bertz CT molecular complexity index is 525. The first-order chi connectivity index (χ1) is 7.79. The Kier molecular flexibility index (Phi) is 2.11. The van der Waals surface area contributed by atoms with E-state index in [2.05, 4.69) is 15.6 Å². The minimum atomic E-state index is 0.540. The summed E-state index contributed by atoms with van der Waals surface area (Å²) >= 11 is 0. The number of nitrogens with zero attached hydrogens (tertiary/aromatic N) is 2. The summed E-state index contributed by atoms with van der Waals surface area (Å²) in [4.78, 5) is 4.39. The van der Waals surface area contributed by atoms with Crippen LogP contribution in [0.4, 0.5) is 5.95 Å². The zero-order chi connectivity index (χ0) is 11.1. The lowest BCUT2D eigenvalue weighted by atomic mass is 9.92. The van der Waals surface area contributed by atoms with Gasteiger partial charge in [0, 0.05) is 12.6 Å². The molecule has 84 valence electrons. The van der Waals surface area contributed by atoms with Gasteiger partial charge >= 0.3 is 0 Å². The van der Waals surface area contributed by atoms with E-state index in [0.29, 0.717) is 18.5 Å². The molecule has 1 fully saturated rings. The molecule has 1 aromatic heterocycles. The fourth-order valence-electron chi connectivity index (χ4n) is 2.31.